The highest BCUT2D eigenvalue weighted by Crippen LogP contribution is 2.24. The highest BCUT2D eigenvalue weighted by Gasteiger charge is 2.02. The maximum Gasteiger partial charge on any atom is 0.417 e. The minimum Gasteiger partial charge on any atom is -0.489 e. The second kappa shape index (κ2) is 6.70. The number of rotatable bonds is 5. The van der Waals surface area contributed by atoms with Crippen molar-refractivity contribution in [1.29, 1.82) is 0 Å². The largest absolute Gasteiger partial charge is 0.489 e. The molecule has 2 aromatic rings. The zero-order chi connectivity index (χ0) is 13.5. The van der Waals surface area contributed by atoms with Crippen molar-refractivity contribution < 1.29 is 13.7 Å². The first-order valence-corrected chi connectivity index (χ1v) is 6.39. The lowest BCUT2D eigenvalue weighted by Gasteiger charge is -2.07. The number of ether oxygens (including phenoxy) is 1. The Hall–Kier alpha value is -2.14. The van der Waals surface area contributed by atoms with Crippen LogP contribution in [0.1, 0.15) is 5.56 Å². The quantitative estimate of drug-likeness (QED) is 0.850. The van der Waals surface area contributed by atoms with Gasteiger partial charge in [-0.05, 0) is 23.8 Å². The summed E-state index contributed by atoms with van der Waals surface area (Å²) in [4.78, 5) is 11.3. The van der Waals surface area contributed by atoms with Gasteiger partial charge in [-0.3, -0.25) is 0 Å². The Morgan fingerprint density at radius 1 is 1.11 bits per heavy atom. The summed E-state index contributed by atoms with van der Waals surface area (Å²) in [6.07, 6.45) is -0.819. The monoisotopic (exact) mass is 275 g/mol. The van der Waals surface area contributed by atoms with E-state index in [1.54, 1.807) is 6.07 Å². The van der Waals surface area contributed by atoms with Crippen LogP contribution >= 0.6 is 12.0 Å². The number of hydrogen-bond donors (Lipinski definition) is 1. The van der Waals surface area contributed by atoms with Gasteiger partial charge in [0.1, 0.15) is 12.4 Å². The normalized spacial score (nSPS) is 9.89. The van der Waals surface area contributed by atoms with E-state index in [4.69, 9.17) is 10.5 Å². The molecule has 0 aliphatic heterocycles. The van der Waals surface area contributed by atoms with Gasteiger partial charge in [-0.1, -0.05) is 36.4 Å². The number of hydrogen-bond acceptors (Lipinski definition) is 4. The topological polar surface area (TPSA) is 61.6 Å². The molecule has 0 saturated carbocycles. The number of benzene rings is 2. The summed E-state index contributed by atoms with van der Waals surface area (Å²) >= 11 is 0.910. The lowest BCUT2D eigenvalue weighted by molar-refractivity contribution is 0.218. The summed E-state index contributed by atoms with van der Waals surface area (Å²) in [5.41, 5.74) is 5.99. The smallest absolute Gasteiger partial charge is 0.417 e. The van der Waals surface area contributed by atoms with Gasteiger partial charge in [-0.2, -0.15) is 0 Å². The van der Waals surface area contributed by atoms with Crippen LogP contribution in [0.4, 0.5) is 4.79 Å². The van der Waals surface area contributed by atoms with Crippen molar-refractivity contribution in [3.63, 3.8) is 0 Å². The zero-order valence-electron chi connectivity index (χ0n) is 10.1. The maximum absolute atomic E-state index is 10.5. The van der Waals surface area contributed by atoms with Crippen LogP contribution in [-0.2, 0) is 10.8 Å². The molecule has 0 aromatic heterocycles. The van der Waals surface area contributed by atoms with Crippen LogP contribution in [0.15, 0.2) is 59.5 Å². The third-order valence-electron chi connectivity index (χ3n) is 2.27. The number of primary amides is 1. The first kappa shape index (κ1) is 13.3. The summed E-state index contributed by atoms with van der Waals surface area (Å²) in [5, 5.41) is 0. The molecule has 4 nitrogen and oxygen atoms in total. The summed E-state index contributed by atoms with van der Waals surface area (Å²) in [6.45, 7) is 0.492. The first-order valence-electron chi connectivity index (χ1n) is 5.65. The van der Waals surface area contributed by atoms with Gasteiger partial charge >= 0.3 is 6.09 Å². The number of nitrogens with two attached hydrogens (primary N) is 1. The fourth-order valence-corrected chi connectivity index (χ4v) is 1.92. The SMILES string of the molecule is NC(=O)OSc1cccc(OCc2ccccc2)c1. The Morgan fingerprint density at radius 3 is 2.63 bits per heavy atom. The summed E-state index contributed by atoms with van der Waals surface area (Å²) in [7, 11) is 0. The van der Waals surface area contributed by atoms with Gasteiger partial charge in [-0.15, -0.1) is 0 Å². The standard InChI is InChI=1S/C14H13NO3S/c15-14(16)18-19-13-8-4-7-12(9-13)17-10-11-5-2-1-3-6-11/h1-9H,10H2,(H2,15,16). The van der Waals surface area contributed by atoms with E-state index in [1.165, 1.54) is 0 Å². The Balaban J connectivity index is 1.93. The van der Waals surface area contributed by atoms with Gasteiger partial charge in [0.15, 0.2) is 0 Å². The summed E-state index contributed by atoms with van der Waals surface area (Å²) < 4.78 is 10.3. The highest BCUT2D eigenvalue weighted by molar-refractivity contribution is 7.95. The maximum atomic E-state index is 10.5. The molecular formula is C14H13NO3S. The van der Waals surface area contributed by atoms with Crippen molar-refractivity contribution in [2.45, 2.75) is 11.5 Å². The Kier molecular flexibility index (Phi) is 4.69. The fourth-order valence-electron chi connectivity index (χ4n) is 1.45. The zero-order valence-corrected chi connectivity index (χ0v) is 10.9. The second-order valence-electron chi connectivity index (χ2n) is 3.73. The fraction of sp³-hybridized carbons (Fsp3) is 0.0714. The van der Waals surface area contributed by atoms with Gasteiger partial charge in [-0.25, -0.2) is 4.79 Å². The lowest BCUT2D eigenvalue weighted by atomic mass is 10.2. The van der Waals surface area contributed by atoms with E-state index in [0.717, 1.165) is 22.5 Å². The van der Waals surface area contributed by atoms with Gasteiger partial charge in [0, 0.05) is 0 Å². The average Bonchev–Trinajstić information content (AvgIpc) is 2.44. The van der Waals surface area contributed by atoms with E-state index < -0.39 is 6.09 Å². The molecule has 0 saturated heterocycles. The lowest BCUT2D eigenvalue weighted by Crippen LogP contribution is -2.08. The van der Waals surface area contributed by atoms with Crippen LogP contribution in [0, 0.1) is 0 Å². The average molecular weight is 275 g/mol. The minimum absolute atomic E-state index is 0.492. The van der Waals surface area contributed by atoms with E-state index in [0.29, 0.717) is 12.4 Å². The molecule has 5 heteroatoms. The van der Waals surface area contributed by atoms with Gasteiger partial charge in [0.25, 0.3) is 0 Å². The van der Waals surface area contributed by atoms with Crippen molar-refractivity contribution in [2.75, 3.05) is 0 Å². The number of carbonyl (C=O) groups excluding carboxylic acids is 1. The van der Waals surface area contributed by atoms with Gasteiger partial charge < -0.3 is 14.7 Å². The molecule has 0 radical (unpaired) electrons. The third-order valence-corrected chi connectivity index (χ3v) is 2.97. The first-order chi connectivity index (χ1) is 9.24. The van der Waals surface area contributed by atoms with Gasteiger partial charge in [0.05, 0.1) is 16.9 Å². The minimum atomic E-state index is -0.819. The molecule has 0 aliphatic rings. The molecular weight excluding hydrogens is 262 g/mol. The molecule has 98 valence electrons. The Morgan fingerprint density at radius 2 is 1.89 bits per heavy atom. The van der Waals surface area contributed by atoms with Crippen molar-refractivity contribution >= 4 is 18.1 Å². The van der Waals surface area contributed by atoms with Crippen LogP contribution in [0.3, 0.4) is 0 Å². The van der Waals surface area contributed by atoms with Crippen LogP contribution in [0.5, 0.6) is 5.75 Å². The van der Waals surface area contributed by atoms with Crippen LogP contribution in [0.25, 0.3) is 0 Å². The summed E-state index contributed by atoms with van der Waals surface area (Å²) in [5.74, 6) is 0.710. The molecule has 0 unspecified atom stereocenters. The molecule has 2 rings (SSSR count). The van der Waals surface area contributed by atoms with Crippen molar-refractivity contribution in [1.82, 2.24) is 0 Å². The third kappa shape index (κ3) is 4.56. The van der Waals surface area contributed by atoms with Crippen LogP contribution < -0.4 is 10.5 Å². The van der Waals surface area contributed by atoms with E-state index in [1.807, 2.05) is 48.5 Å². The number of amides is 1. The molecule has 0 heterocycles. The molecule has 0 bridgehead atoms. The van der Waals surface area contributed by atoms with Crippen molar-refractivity contribution in [3.8, 4) is 5.75 Å². The Bertz CT molecular complexity index is 545. The van der Waals surface area contributed by atoms with E-state index in [2.05, 4.69) is 4.18 Å². The van der Waals surface area contributed by atoms with Gasteiger partial charge in [0.2, 0.25) is 0 Å². The van der Waals surface area contributed by atoms with E-state index in [9.17, 15) is 4.79 Å². The molecule has 19 heavy (non-hydrogen) atoms. The van der Waals surface area contributed by atoms with Crippen molar-refractivity contribution in [2.24, 2.45) is 5.73 Å². The van der Waals surface area contributed by atoms with Crippen LogP contribution in [0.2, 0.25) is 0 Å². The van der Waals surface area contributed by atoms with E-state index >= 15 is 0 Å². The molecule has 1 amide bonds. The molecule has 2 N–H and O–H groups in total. The Labute approximate surface area is 115 Å². The van der Waals surface area contributed by atoms with Crippen LogP contribution in [-0.4, -0.2) is 6.09 Å². The number of carbonyl (C=O) groups is 1. The second-order valence-corrected chi connectivity index (χ2v) is 4.54. The predicted molar refractivity (Wildman–Crippen MR) is 73.7 cm³/mol. The van der Waals surface area contributed by atoms with Crippen molar-refractivity contribution in [3.05, 3.63) is 60.2 Å². The molecule has 0 atom stereocenters. The summed E-state index contributed by atoms with van der Waals surface area (Å²) in [6, 6.07) is 17.1. The molecule has 0 spiro atoms. The molecule has 2 aromatic carbocycles. The highest BCUT2D eigenvalue weighted by atomic mass is 32.2. The predicted octanol–water partition coefficient (Wildman–Crippen LogP) is 3.37. The van der Waals surface area contributed by atoms with E-state index in [-0.39, 0.29) is 0 Å². The molecule has 0 aliphatic carbocycles. The molecule has 0 fully saturated rings.